The van der Waals surface area contributed by atoms with E-state index in [-0.39, 0.29) is 5.92 Å². The van der Waals surface area contributed by atoms with E-state index in [9.17, 15) is 0 Å². The van der Waals surface area contributed by atoms with E-state index in [1.807, 2.05) is 12.4 Å². The van der Waals surface area contributed by atoms with E-state index < -0.39 is 5.41 Å². The number of rotatable bonds is 5. The van der Waals surface area contributed by atoms with Crippen molar-refractivity contribution in [2.45, 2.75) is 5.41 Å². The average Bonchev–Trinajstić information content (AvgIpc) is 3.91. The van der Waals surface area contributed by atoms with Crippen LogP contribution in [0.3, 0.4) is 0 Å². The first-order valence-electron chi connectivity index (χ1n) is 18.3. The van der Waals surface area contributed by atoms with Crippen molar-refractivity contribution in [2.24, 2.45) is 10.9 Å². The van der Waals surface area contributed by atoms with Crippen LogP contribution in [-0.4, -0.2) is 26.9 Å². The van der Waals surface area contributed by atoms with Crippen molar-refractivity contribution >= 4 is 38.9 Å². The molecule has 0 N–H and O–H groups in total. The van der Waals surface area contributed by atoms with Gasteiger partial charge in [0.1, 0.15) is 0 Å². The van der Waals surface area contributed by atoms with Crippen LogP contribution in [-0.2, 0) is 5.41 Å². The van der Waals surface area contributed by atoms with Crippen LogP contribution >= 0.6 is 0 Å². The van der Waals surface area contributed by atoms with E-state index in [0.717, 1.165) is 11.4 Å². The lowest BCUT2D eigenvalue weighted by Gasteiger charge is -2.39. The second-order valence-electron chi connectivity index (χ2n) is 14.2. The molecule has 0 bridgehead atoms. The number of nitrogens with zero attached hydrogens (tertiary/aromatic N) is 4. The summed E-state index contributed by atoms with van der Waals surface area (Å²) >= 11 is 0. The van der Waals surface area contributed by atoms with Crippen LogP contribution in [0.15, 0.2) is 187 Å². The number of hydrogen-bond donors (Lipinski definition) is 0. The van der Waals surface area contributed by atoms with Crippen molar-refractivity contribution in [3.63, 3.8) is 0 Å². The zero-order valence-electron chi connectivity index (χ0n) is 29.0. The maximum absolute atomic E-state index is 4.84. The summed E-state index contributed by atoms with van der Waals surface area (Å²) in [6, 6.07) is 55.5. The SMILES string of the molecule is C1=CC(C2(c3cccnc3)c3ccccc3-c3ccc4c(c32)c2ccccc2n4-c2ccc(-c3ccc(-n4ccc5ccccc54)cc3)cc2)CN=C1. The summed E-state index contributed by atoms with van der Waals surface area (Å²) in [5.74, 6) is 0.119. The van der Waals surface area contributed by atoms with Gasteiger partial charge in [-0.3, -0.25) is 9.98 Å². The van der Waals surface area contributed by atoms with Crippen molar-refractivity contribution in [3.05, 3.63) is 199 Å². The molecular weight excluding hydrogens is 645 g/mol. The quantitative estimate of drug-likeness (QED) is 0.178. The van der Waals surface area contributed by atoms with Crippen LogP contribution in [0.25, 0.3) is 66.3 Å². The summed E-state index contributed by atoms with van der Waals surface area (Å²) < 4.78 is 4.70. The third-order valence-electron chi connectivity index (χ3n) is 11.6. The van der Waals surface area contributed by atoms with Gasteiger partial charge in [-0.1, -0.05) is 103 Å². The fourth-order valence-electron chi connectivity index (χ4n) is 9.35. The van der Waals surface area contributed by atoms with E-state index in [2.05, 4.69) is 185 Å². The second kappa shape index (κ2) is 11.6. The number of aliphatic imine (C=N–C) groups is 1. The van der Waals surface area contributed by atoms with Crippen molar-refractivity contribution in [2.75, 3.05) is 6.54 Å². The summed E-state index contributed by atoms with van der Waals surface area (Å²) in [6.45, 7) is 0.707. The largest absolute Gasteiger partial charge is 0.317 e. The Balaban J connectivity index is 1.09. The number of pyridine rings is 1. The van der Waals surface area contributed by atoms with E-state index in [1.165, 1.54) is 71.7 Å². The van der Waals surface area contributed by atoms with E-state index in [1.54, 1.807) is 0 Å². The van der Waals surface area contributed by atoms with Crippen LogP contribution in [0.2, 0.25) is 0 Å². The van der Waals surface area contributed by atoms with Crippen LogP contribution < -0.4 is 0 Å². The number of fused-ring (bicyclic) bond motifs is 8. The first kappa shape index (κ1) is 29.9. The highest BCUT2D eigenvalue weighted by Gasteiger charge is 2.51. The Labute approximate surface area is 307 Å². The summed E-state index contributed by atoms with van der Waals surface area (Å²) in [7, 11) is 0. The summed E-state index contributed by atoms with van der Waals surface area (Å²) in [4.78, 5) is 9.54. The van der Waals surface area contributed by atoms with Gasteiger partial charge in [-0.2, -0.15) is 0 Å². The maximum Gasteiger partial charge on any atom is 0.0565 e. The van der Waals surface area contributed by atoms with E-state index >= 15 is 0 Å². The Morgan fingerprint density at radius 3 is 2.15 bits per heavy atom. The molecule has 0 radical (unpaired) electrons. The Morgan fingerprint density at radius 1 is 0.604 bits per heavy atom. The van der Waals surface area contributed by atoms with Crippen LogP contribution in [0, 0.1) is 5.92 Å². The number of hydrogen-bond acceptors (Lipinski definition) is 2. The molecule has 250 valence electrons. The standard InChI is InChI=1S/C49H34N4/c1-5-15-44-35(9-1)27-30-52(44)38-21-17-33(18-22-38)34-19-23-39(24-20-34)53-45-16-6-3-13-42(45)47-46(53)26-25-41-40-12-2-4-14-43(40)49(48(41)47,36-10-7-28-50-31-36)37-11-8-29-51-32-37/h1-31,37H,32H2. The molecule has 2 aliphatic rings. The highest BCUT2D eigenvalue weighted by atomic mass is 15.0. The van der Waals surface area contributed by atoms with Gasteiger partial charge < -0.3 is 9.13 Å². The van der Waals surface area contributed by atoms with Gasteiger partial charge in [0, 0.05) is 59.4 Å². The molecule has 9 aromatic rings. The lowest BCUT2D eigenvalue weighted by atomic mass is 9.63. The topological polar surface area (TPSA) is 35.1 Å². The Kier molecular flexibility index (Phi) is 6.56. The van der Waals surface area contributed by atoms with Gasteiger partial charge in [0.05, 0.1) is 22.0 Å². The molecule has 0 spiro atoms. The molecule has 2 unspecified atom stereocenters. The third kappa shape index (κ3) is 4.30. The Hall–Kier alpha value is -6.78. The second-order valence-corrected chi connectivity index (χ2v) is 14.2. The molecule has 0 amide bonds. The number of benzene rings is 6. The van der Waals surface area contributed by atoms with Gasteiger partial charge in [0.25, 0.3) is 0 Å². The van der Waals surface area contributed by atoms with Gasteiger partial charge in [0.15, 0.2) is 0 Å². The van der Waals surface area contributed by atoms with Crippen molar-refractivity contribution in [1.29, 1.82) is 0 Å². The zero-order chi connectivity index (χ0) is 34.9. The molecule has 4 nitrogen and oxygen atoms in total. The fourth-order valence-corrected chi connectivity index (χ4v) is 9.35. The van der Waals surface area contributed by atoms with Crippen LogP contribution in [0.4, 0.5) is 0 Å². The van der Waals surface area contributed by atoms with Crippen molar-refractivity contribution in [1.82, 2.24) is 14.1 Å². The normalized spacial score (nSPS) is 17.5. The molecule has 1 aliphatic carbocycles. The minimum absolute atomic E-state index is 0.119. The molecule has 53 heavy (non-hydrogen) atoms. The van der Waals surface area contributed by atoms with E-state index in [0.29, 0.717) is 6.54 Å². The van der Waals surface area contributed by atoms with Crippen molar-refractivity contribution < 1.29 is 0 Å². The Bertz CT molecular complexity index is 2910. The molecule has 4 heterocycles. The molecule has 2 atom stereocenters. The zero-order valence-corrected chi connectivity index (χ0v) is 29.0. The molecule has 6 aromatic carbocycles. The monoisotopic (exact) mass is 678 g/mol. The number of allylic oxidation sites excluding steroid dienone is 1. The van der Waals surface area contributed by atoms with Crippen LogP contribution in [0.1, 0.15) is 16.7 Å². The Morgan fingerprint density at radius 2 is 1.36 bits per heavy atom. The smallest absolute Gasteiger partial charge is 0.0565 e. The molecule has 3 aromatic heterocycles. The summed E-state index contributed by atoms with van der Waals surface area (Å²) in [6.07, 6.45) is 12.5. The third-order valence-corrected chi connectivity index (χ3v) is 11.6. The van der Waals surface area contributed by atoms with Crippen LogP contribution in [0.5, 0.6) is 0 Å². The first-order valence-corrected chi connectivity index (χ1v) is 18.3. The van der Waals surface area contributed by atoms with Gasteiger partial charge in [-0.15, -0.1) is 0 Å². The highest BCUT2D eigenvalue weighted by molar-refractivity contribution is 6.15. The predicted molar refractivity (Wildman–Crippen MR) is 219 cm³/mol. The highest BCUT2D eigenvalue weighted by Crippen LogP contribution is 2.60. The number of para-hydroxylation sites is 2. The van der Waals surface area contributed by atoms with Crippen molar-refractivity contribution in [3.8, 4) is 33.6 Å². The fraction of sp³-hybridized carbons (Fsp3) is 0.0612. The average molecular weight is 679 g/mol. The lowest BCUT2D eigenvalue weighted by molar-refractivity contribution is 0.465. The minimum Gasteiger partial charge on any atom is -0.317 e. The predicted octanol–water partition coefficient (Wildman–Crippen LogP) is 11.4. The van der Waals surface area contributed by atoms with Gasteiger partial charge >= 0.3 is 0 Å². The van der Waals surface area contributed by atoms with Gasteiger partial charge in [0.2, 0.25) is 0 Å². The summed E-state index contributed by atoms with van der Waals surface area (Å²) in [5.41, 5.74) is 14.3. The van der Waals surface area contributed by atoms with Gasteiger partial charge in [-0.25, -0.2) is 0 Å². The number of aromatic nitrogens is 3. The number of dihydropyridines is 1. The molecule has 0 saturated carbocycles. The summed E-state index contributed by atoms with van der Waals surface area (Å²) in [5, 5.41) is 3.79. The molecular formula is C49H34N4. The molecule has 1 aliphatic heterocycles. The maximum atomic E-state index is 4.84. The lowest BCUT2D eigenvalue weighted by Crippen LogP contribution is -2.38. The molecule has 4 heteroatoms. The minimum atomic E-state index is -0.466. The molecule has 11 rings (SSSR count). The van der Waals surface area contributed by atoms with E-state index in [4.69, 9.17) is 9.98 Å². The molecule has 0 saturated heterocycles. The first-order chi connectivity index (χ1) is 26.3. The molecule has 0 fully saturated rings. The van der Waals surface area contributed by atoms with Gasteiger partial charge in [-0.05, 0) is 105 Å².